The summed E-state index contributed by atoms with van der Waals surface area (Å²) in [6.07, 6.45) is 2.32. The highest BCUT2D eigenvalue weighted by Crippen LogP contribution is 2.28. The van der Waals surface area contributed by atoms with Crippen molar-refractivity contribution < 1.29 is 4.79 Å². The summed E-state index contributed by atoms with van der Waals surface area (Å²) in [6, 6.07) is 23.7. The molecule has 1 aromatic heterocycles. The molecule has 1 fully saturated rings. The molecule has 1 amide bonds. The van der Waals surface area contributed by atoms with Crippen molar-refractivity contribution in [3.8, 4) is 22.5 Å². The Morgan fingerprint density at radius 2 is 1.71 bits per heavy atom. The number of aromatic nitrogens is 2. The van der Waals surface area contributed by atoms with E-state index in [4.69, 9.17) is 4.98 Å². The van der Waals surface area contributed by atoms with Crippen molar-refractivity contribution in [1.29, 1.82) is 0 Å². The van der Waals surface area contributed by atoms with Gasteiger partial charge in [-0.1, -0.05) is 54.6 Å². The highest BCUT2D eigenvalue weighted by atomic mass is 16.2. The number of hydrogen-bond acceptors (Lipinski definition) is 4. The maximum atomic E-state index is 13.7. The summed E-state index contributed by atoms with van der Waals surface area (Å²) >= 11 is 0. The number of nitrogens with one attached hydrogen (secondary N) is 1. The van der Waals surface area contributed by atoms with E-state index < -0.39 is 0 Å². The molecular weight excluding hydrogens is 436 g/mol. The van der Waals surface area contributed by atoms with Crippen LogP contribution < -0.4 is 10.9 Å². The molecule has 6 nitrogen and oxygen atoms in total. The lowest BCUT2D eigenvalue weighted by atomic mass is 10.0. The minimum Gasteiger partial charge on any atom is -0.354 e. The van der Waals surface area contributed by atoms with Gasteiger partial charge in [0.1, 0.15) is 12.4 Å². The molecule has 0 aliphatic heterocycles. The summed E-state index contributed by atoms with van der Waals surface area (Å²) in [5, 5.41) is 3.49. The second kappa shape index (κ2) is 9.84. The number of nitrogens with zero attached hydrogens (tertiary/aromatic N) is 3. The molecule has 178 valence electrons. The van der Waals surface area contributed by atoms with Gasteiger partial charge in [-0.2, -0.15) is 0 Å². The number of carbonyl (C=O) groups excluding carboxylic acids is 1. The quantitative estimate of drug-likeness (QED) is 0.420. The third-order valence-corrected chi connectivity index (χ3v) is 6.33. The lowest BCUT2D eigenvalue weighted by Gasteiger charge is -2.15. The SMILES string of the molecule is CN(C)Cc1cccc(-c2ccc3nc(-c4ccccc4)n(CC(=O)NCC4CC4)c(=O)c3c2)c1. The van der Waals surface area contributed by atoms with E-state index in [9.17, 15) is 9.59 Å². The van der Waals surface area contributed by atoms with Gasteiger partial charge in [-0.15, -0.1) is 0 Å². The molecule has 1 aliphatic rings. The molecule has 1 saturated carbocycles. The first-order valence-electron chi connectivity index (χ1n) is 12.1. The Morgan fingerprint density at radius 1 is 0.971 bits per heavy atom. The number of carbonyl (C=O) groups is 1. The zero-order valence-corrected chi connectivity index (χ0v) is 20.2. The average molecular weight is 467 g/mol. The second-order valence-electron chi connectivity index (χ2n) is 9.61. The van der Waals surface area contributed by atoms with Crippen molar-refractivity contribution in [2.45, 2.75) is 25.9 Å². The molecule has 35 heavy (non-hydrogen) atoms. The van der Waals surface area contributed by atoms with Crippen LogP contribution in [0, 0.1) is 5.92 Å². The molecule has 0 radical (unpaired) electrons. The summed E-state index contributed by atoms with van der Waals surface area (Å²) in [7, 11) is 4.09. The minimum atomic E-state index is -0.207. The maximum Gasteiger partial charge on any atom is 0.262 e. The van der Waals surface area contributed by atoms with Gasteiger partial charge in [0.25, 0.3) is 5.56 Å². The van der Waals surface area contributed by atoms with Crippen LogP contribution in [0.3, 0.4) is 0 Å². The van der Waals surface area contributed by atoms with Crippen LogP contribution in [-0.4, -0.2) is 41.0 Å². The Labute approximate surface area is 205 Å². The Balaban J connectivity index is 1.57. The molecule has 5 rings (SSSR count). The lowest BCUT2D eigenvalue weighted by Crippen LogP contribution is -2.34. The number of hydrogen-bond donors (Lipinski definition) is 1. The Hall–Kier alpha value is -3.77. The van der Waals surface area contributed by atoms with E-state index in [2.05, 4.69) is 28.4 Å². The zero-order valence-electron chi connectivity index (χ0n) is 20.2. The van der Waals surface area contributed by atoms with Crippen molar-refractivity contribution in [1.82, 2.24) is 19.8 Å². The summed E-state index contributed by atoms with van der Waals surface area (Å²) in [5.74, 6) is 0.917. The molecule has 0 bridgehead atoms. The van der Waals surface area contributed by atoms with E-state index in [0.29, 0.717) is 29.2 Å². The molecular formula is C29H30N4O2. The number of fused-ring (bicyclic) bond motifs is 1. The standard InChI is InChI=1S/C29H30N4O2/c1-32(2)18-21-7-6-10-23(15-21)24-13-14-26-25(16-24)29(35)33(19-27(34)30-17-20-11-12-20)28(31-26)22-8-4-3-5-9-22/h3-10,13-16,20H,11-12,17-19H2,1-2H3,(H,30,34). The van der Waals surface area contributed by atoms with E-state index in [-0.39, 0.29) is 18.0 Å². The van der Waals surface area contributed by atoms with Gasteiger partial charge in [0.05, 0.1) is 10.9 Å². The van der Waals surface area contributed by atoms with E-state index in [0.717, 1.165) is 36.1 Å². The zero-order chi connectivity index (χ0) is 24.4. The van der Waals surface area contributed by atoms with Crippen LogP contribution in [-0.2, 0) is 17.9 Å². The van der Waals surface area contributed by atoms with Crippen molar-refractivity contribution >= 4 is 16.8 Å². The summed E-state index contributed by atoms with van der Waals surface area (Å²) < 4.78 is 1.51. The fourth-order valence-corrected chi connectivity index (χ4v) is 4.35. The molecule has 0 atom stereocenters. The largest absolute Gasteiger partial charge is 0.354 e. The molecule has 4 aromatic rings. The van der Waals surface area contributed by atoms with Crippen molar-refractivity contribution in [2.75, 3.05) is 20.6 Å². The molecule has 6 heteroatoms. The fourth-order valence-electron chi connectivity index (χ4n) is 4.35. The van der Waals surface area contributed by atoms with Crippen LogP contribution in [0.2, 0.25) is 0 Å². The number of rotatable bonds is 8. The van der Waals surface area contributed by atoms with Crippen LogP contribution in [0.4, 0.5) is 0 Å². The third-order valence-electron chi connectivity index (χ3n) is 6.33. The van der Waals surface area contributed by atoms with Gasteiger partial charge in [0, 0.05) is 18.7 Å². The molecule has 1 heterocycles. The number of benzene rings is 3. The van der Waals surface area contributed by atoms with Gasteiger partial charge in [-0.05, 0) is 67.7 Å². The van der Waals surface area contributed by atoms with E-state index in [1.165, 1.54) is 10.1 Å². The fraction of sp³-hybridized carbons (Fsp3) is 0.276. The first-order chi connectivity index (χ1) is 17.0. The number of amides is 1. The van der Waals surface area contributed by atoms with E-state index >= 15 is 0 Å². The predicted molar refractivity (Wildman–Crippen MR) is 140 cm³/mol. The highest BCUT2D eigenvalue weighted by Gasteiger charge is 2.22. The van der Waals surface area contributed by atoms with E-state index in [1.807, 2.05) is 68.7 Å². The van der Waals surface area contributed by atoms with E-state index in [1.54, 1.807) is 0 Å². The van der Waals surface area contributed by atoms with Gasteiger partial charge < -0.3 is 10.2 Å². The minimum absolute atomic E-state index is 0.0543. The Bertz CT molecular complexity index is 1420. The first-order valence-corrected chi connectivity index (χ1v) is 12.1. The van der Waals surface area contributed by atoms with Gasteiger partial charge in [-0.3, -0.25) is 14.2 Å². The van der Waals surface area contributed by atoms with Crippen molar-refractivity contribution in [3.05, 3.63) is 88.7 Å². The van der Waals surface area contributed by atoms with Crippen LogP contribution >= 0.6 is 0 Å². The molecule has 0 saturated heterocycles. The molecule has 1 aliphatic carbocycles. The predicted octanol–water partition coefficient (Wildman–Crippen LogP) is 4.32. The average Bonchev–Trinajstić information content (AvgIpc) is 3.69. The normalized spacial score (nSPS) is 13.3. The second-order valence-corrected chi connectivity index (χ2v) is 9.61. The van der Waals surface area contributed by atoms with Gasteiger partial charge in [-0.25, -0.2) is 4.98 Å². The molecule has 0 unspecified atom stereocenters. The topological polar surface area (TPSA) is 67.2 Å². The summed E-state index contributed by atoms with van der Waals surface area (Å²) in [4.78, 5) is 33.4. The molecule has 0 spiro atoms. The van der Waals surface area contributed by atoms with Gasteiger partial charge >= 0.3 is 0 Å². The Kier molecular flexibility index (Phi) is 6.47. The molecule has 1 N–H and O–H groups in total. The summed E-state index contributed by atoms with van der Waals surface area (Å²) in [5.41, 5.74) is 4.43. The van der Waals surface area contributed by atoms with Crippen molar-refractivity contribution in [3.63, 3.8) is 0 Å². The van der Waals surface area contributed by atoms with Crippen LogP contribution in [0.1, 0.15) is 18.4 Å². The van der Waals surface area contributed by atoms with Gasteiger partial charge in [0.15, 0.2) is 0 Å². The lowest BCUT2D eigenvalue weighted by molar-refractivity contribution is -0.121. The monoisotopic (exact) mass is 466 g/mol. The van der Waals surface area contributed by atoms with Crippen LogP contribution in [0.15, 0.2) is 77.6 Å². The van der Waals surface area contributed by atoms with Crippen LogP contribution in [0.25, 0.3) is 33.4 Å². The first kappa shape index (κ1) is 23.0. The molecule has 3 aromatic carbocycles. The Morgan fingerprint density at radius 3 is 2.46 bits per heavy atom. The summed E-state index contributed by atoms with van der Waals surface area (Å²) in [6.45, 7) is 1.45. The highest BCUT2D eigenvalue weighted by molar-refractivity contribution is 5.86. The van der Waals surface area contributed by atoms with Crippen molar-refractivity contribution in [2.24, 2.45) is 5.92 Å². The van der Waals surface area contributed by atoms with Crippen LogP contribution in [0.5, 0.6) is 0 Å². The third kappa shape index (κ3) is 5.33. The van der Waals surface area contributed by atoms with Gasteiger partial charge in [0.2, 0.25) is 5.91 Å². The maximum absolute atomic E-state index is 13.7. The smallest absolute Gasteiger partial charge is 0.262 e.